The van der Waals surface area contributed by atoms with Crippen LogP contribution in [-0.2, 0) is 4.79 Å². The van der Waals surface area contributed by atoms with Gasteiger partial charge in [-0.1, -0.05) is 0 Å². The fourth-order valence-corrected chi connectivity index (χ4v) is 4.47. The van der Waals surface area contributed by atoms with Crippen LogP contribution in [0.5, 0.6) is 0 Å². The third kappa shape index (κ3) is 5.61. The Labute approximate surface area is 179 Å². The van der Waals surface area contributed by atoms with E-state index in [1.807, 2.05) is 13.0 Å². The number of anilines is 2. The molecule has 7 nitrogen and oxygen atoms in total. The summed E-state index contributed by atoms with van der Waals surface area (Å²) in [6.45, 7) is 6.28. The monoisotopic (exact) mass is 430 g/mol. The van der Waals surface area contributed by atoms with Gasteiger partial charge in [-0.05, 0) is 50.9 Å². The zero-order valence-corrected chi connectivity index (χ0v) is 18.1. The van der Waals surface area contributed by atoms with Crippen molar-refractivity contribution in [2.24, 2.45) is 17.6 Å². The standard InChI is InChI=1S/C19H30N6O.2ClH/c1-13-9-18(23-19(21-13)25-7-3-2-4-8-25)22-16-11-24(12-17(20)26)10-15(16)14-5-6-14;;/h9,14-16H,2-8,10-12H2,1H3,(H2,20,26)(H,21,22,23);2*1H/t15-,16+;;/m1../s1. The molecule has 2 atom stereocenters. The minimum absolute atomic E-state index is 0. The molecule has 9 heteroatoms. The molecule has 1 amide bonds. The highest BCUT2D eigenvalue weighted by Gasteiger charge is 2.42. The third-order valence-electron chi connectivity index (χ3n) is 5.86. The number of halogens is 2. The zero-order valence-electron chi connectivity index (χ0n) is 16.5. The van der Waals surface area contributed by atoms with Crippen LogP contribution >= 0.6 is 24.8 Å². The summed E-state index contributed by atoms with van der Waals surface area (Å²) >= 11 is 0. The summed E-state index contributed by atoms with van der Waals surface area (Å²) < 4.78 is 0. The average Bonchev–Trinajstić information content (AvgIpc) is 3.38. The van der Waals surface area contributed by atoms with Crippen molar-refractivity contribution in [3.8, 4) is 0 Å². The van der Waals surface area contributed by atoms with E-state index in [4.69, 9.17) is 10.7 Å². The number of carbonyl (C=O) groups is 1. The molecule has 1 saturated carbocycles. The van der Waals surface area contributed by atoms with E-state index in [2.05, 4.69) is 20.1 Å². The van der Waals surface area contributed by atoms with Gasteiger partial charge in [-0.3, -0.25) is 9.69 Å². The lowest BCUT2D eigenvalue weighted by atomic mass is 9.98. The number of nitrogens with two attached hydrogens (primary N) is 1. The highest BCUT2D eigenvalue weighted by Crippen LogP contribution is 2.42. The molecule has 3 heterocycles. The van der Waals surface area contributed by atoms with E-state index in [0.29, 0.717) is 18.5 Å². The summed E-state index contributed by atoms with van der Waals surface area (Å²) in [4.78, 5) is 25.3. The molecular formula is C19H32Cl2N6O. The van der Waals surface area contributed by atoms with Crippen molar-refractivity contribution >= 4 is 42.5 Å². The number of nitrogens with one attached hydrogen (secondary N) is 1. The molecule has 3 fully saturated rings. The maximum Gasteiger partial charge on any atom is 0.231 e. The van der Waals surface area contributed by atoms with Crippen LogP contribution in [-0.4, -0.2) is 59.5 Å². The molecule has 0 radical (unpaired) electrons. The number of likely N-dealkylation sites (tertiary alicyclic amines) is 1. The van der Waals surface area contributed by atoms with Crippen LogP contribution in [0.1, 0.15) is 37.8 Å². The summed E-state index contributed by atoms with van der Waals surface area (Å²) in [5.41, 5.74) is 6.40. The van der Waals surface area contributed by atoms with E-state index in [1.54, 1.807) is 0 Å². The second-order valence-corrected chi connectivity index (χ2v) is 8.15. The molecule has 2 aliphatic heterocycles. The first-order chi connectivity index (χ1) is 12.6. The van der Waals surface area contributed by atoms with Gasteiger partial charge < -0.3 is 16.0 Å². The van der Waals surface area contributed by atoms with Crippen LogP contribution in [0.4, 0.5) is 11.8 Å². The average molecular weight is 431 g/mol. The minimum Gasteiger partial charge on any atom is -0.369 e. The number of rotatable bonds is 6. The molecular weight excluding hydrogens is 399 g/mol. The Bertz CT molecular complexity index is 666. The first kappa shape index (κ1) is 23.0. The summed E-state index contributed by atoms with van der Waals surface area (Å²) in [6, 6.07) is 2.36. The Morgan fingerprint density at radius 2 is 1.89 bits per heavy atom. The molecule has 2 saturated heterocycles. The number of aryl methyl sites for hydroxylation is 1. The van der Waals surface area contributed by atoms with E-state index >= 15 is 0 Å². The van der Waals surface area contributed by atoms with Crippen molar-refractivity contribution in [2.45, 2.75) is 45.1 Å². The van der Waals surface area contributed by atoms with Crippen LogP contribution < -0.4 is 16.0 Å². The smallest absolute Gasteiger partial charge is 0.231 e. The number of carbonyl (C=O) groups excluding carboxylic acids is 1. The predicted molar refractivity (Wildman–Crippen MR) is 117 cm³/mol. The molecule has 0 spiro atoms. The van der Waals surface area contributed by atoms with Crippen molar-refractivity contribution in [2.75, 3.05) is 42.9 Å². The lowest BCUT2D eigenvalue weighted by molar-refractivity contribution is -0.118. The van der Waals surface area contributed by atoms with Crippen molar-refractivity contribution < 1.29 is 4.79 Å². The van der Waals surface area contributed by atoms with Gasteiger partial charge in [-0.15, -0.1) is 24.8 Å². The molecule has 1 aromatic heterocycles. The van der Waals surface area contributed by atoms with Crippen LogP contribution in [0.2, 0.25) is 0 Å². The highest BCUT2D eigenvalue weighted by molar-refractivity contribution is 5.85. The molecule has 1 aliphatic carbocycles. The molecule has 0 aromatic carbocycles. The Morgan fingerprint density at radius 1 is 1.18 bits per heavy atom. The Kier molecular flexibility index (Phi) is 8.16. The second-order valence-electron chi connectivity index (χ2n) is 8.15. The van der Waals surface area contributed by atoms with E-state index < -0.39 is 0 Å². The predicted octanol–water partition coefficient (Wildman–Crippen LogP) is 2.23. The van der Waals surface area contributed by atoms with Gasteiger partial charge in [0.25, 0.3) is 0 Å². The number of hydrogen-bond donors (Lipinski definition) is 2. The largest absolute Gasteiger partial charge is 0.369 e. The SMILES string of the molecule is Cc1cc(N[C@H]2CN(CC(N)=O)C[C@@H]2C2CC2)nc(N2CCCCC2)n1.Cl.Cl. The fraction of sp³-hybridized carbons (Fsp3) is 0.737. The minimum atomic E-state index is -0.245. The van der Waals surface area contributed by atoms with E-state index in [0.717, 1.165) is 49.6 Å². The van der Waals surface area contributed by atoms with Crippen molar-refractivity contribution in [3.63, 3.8) is 0 Å². The normalized spacial score (nSPS) is 25.0. The quantitative estimate of drug-likeness (QED) is 0.719. The molecule has 0 unspecified atom stereocenters. The van der Waals surface area contributed by atoms with Crippen molar-refractivity contribution in [1.82, 2.24) is 14.9 Å². The lowest BCUT2D eigenvalue weighted by Gasteiger charge is -2.27. The van der Waals surface area contributed by atoms with Gasteiger partial charge in [-0.25, -0.2) is 4.98 Å². The summed E-state index contributed by atoms with van der Waals surface area (Å²) in [6.07, 6.45) is 6.33. The first-order valence-electron chi connectivity index (χ1n) is 9.96. The number of primary amides is 1. The zero-order chi connectivity index (χ0) is 18.1. The second kappa shape index (κ2) is 9.94. The fourth-order valence-electron chi connectivity index (χ4n) is 4.47. The molecule has 3 aliphatic rings. The summed E-state index contributed by atoms with van der Waals surface area (Å²) in [5.74, 6) is 2.86. The summed E-state index contributed by atoms with van der Waals surface area (Å²) in [7, 11) is 0. The maximum absolute atomic E-state index is 11.3. The van der Waals surface area contributed by atoms with Crippen molar-refractivity contribution in [1.29, 1.82) is 0 Å². The van der Waals surface area contributed by atoms with Gasteiger partial charge in [0.1, 0.15) is 5.82 Å². The Hall–Kier alpha value is -1.31. The number of aromatic nitrogens is 2. The molecule has 1 aromatic rings. The maximum atomic E-state index is 11.3. The number of amides is 1. The highest BCUT2D eigenvalue weighted by atomic mass is 35.5. The van der Waals surface area contributed by atoms with Crippen LogP contribution in [0.15, 0.2) is 6.07 Å². The van der Waals surface area contributed by atoms with Crippen LogP contribution in [0, 0.1) is 18.8 Å². The van der Waals surface area contributed by atoms with Crippen LogP contribution in [0.3, 0.4) is 0 Å². The number of piperidine rings is 1. The third-order valence-corrected chi connectivity index (χ3v) is 5.86. The van der Waals surface area contributed by atoms with E-state index in [-0.39, 0.29) is 30.7 Å². The van der Waals surface area contributed by atoms with Gasteiger partial charge in [0.15, 0.2) is 0 Å². The van der Waals surface area contributed by atoms with Crippen LogP contribution in [0.25, 0.3) is 0 Å². The molecule has 4 rings (SSSR count). The first-order valence-corrected chi connectivity index (χ1v) is 9.96. The van der Waals surface area contributed by atoms with Gasteiger partial charge in [0.2, 0.25) is 11.9 Å². The lowest BCUT2D eigenvalue weighted by Crippen LogP contribution is -2.34. The van der Waals surface area contributed by atoms with E-state index in [1.165, 1.54) is 32.1 Å². The molecule has 28 heavy (non-hydrogen) atoms. The van der Waals surface area contributed by atoms with Gasteiger partial charge >= 0.3 is 0 Å². The Morgan fingerprint density at radius 3 is 2.54 bits per heavy atom. The summed E-state index contributed by atoms with van der Waals surface area (Å²) in [5, 5.41) is 3.66. The molecule has 158 valence electrons. The van der Waals surface area contributed by atoms with Gasteiger partial charge in [-0.2, -0.15) is 4.98 Å². The van der Waals surface area contributed by atoms with Crippen molar-refractivity contribution in [3.05, 3.63) is 11.8 Å². The Balaban J connectivity index is 0.00000140. The topological polar surface area (TPSA) is 87.4 Å². The van der Waals surface area contributed by atoms with E-state index in [9.17, 15) is 4.79 Å². The molecule has 3 N–H and O–H groups in total. The van der Waals surface area contributed by atoms with Gasteiger partial charge in [0, 0.05) is 44.0 Å². The number of hydrogen-bond acceptors (Lipinski definition) is 6. The molecule has 0 bridgehead atoms. The van der Waals surface area contributed by atoms with Gasteiger partial charge in [0.05, 0.1) is 6.54 Å². The number of nitrogens with zero attached hydrogens (tertiary/aromatic N) is 4.